The van der Waals surface area contributed by atoms with Crippen molar-refractivity contribution in [3.63, 3.8) is 0 Å². The van der Waals surface area contributed by atoms with E-state index >= 15 is 0 Å². The number of hydrogen-bond acceptors (Lipinski definition) is 10. The second-order valence-corrected chi connectivity index (χ2v) is 10.9. The average Bonchev–Trinajstić information content (AvgIpc) is 3.57. The number of rotatable bonds is 7. The van der Waals surface area contributed by atoms with Gasteiger partial charge < -0.3 is 21.1 Å². The molecule has 8 nitrogen and oxygen atoms in total. The van der Waals surface area contributed by atoms with Gasteiger partial charge >= 0.3 is 0 Å². The fourth-order valence-electron chi connectivity index (χ4n) is 3.56. The molecule has 5 rings (SSSR count). The zero-order valence-corrected chi connectivity index (χ0v) is 22.1. The summed E-state index contributed by atoms with van der Waals surface area (Å²) >= 11 is 4.32. The Morgan fingerprint density at radius 2 is 1.81 bits per heavy atom. The molecule has 1 amide bonds. The predicted molar refractivity (Wildman–Crippen MR) is 149 cm³/mol. The smallest absolute Gasteiger partial charge is 0.267 e. The van der Waals surface area contributed by atoms with E-state index in [-0.39, 0.29) is 5.91 Å². The topological polar surface area (TPSA) is 115 Å². The summed E-state index contributed by atoms with van der Waals surface area (Å²) < 4.78 is 5.28. The molecule has 11 heteroatoms. The Hall–Kier alpha value is -3.80. The number of carbonyl (C=O) groups excluding carboxylic acids is 1. The molecule has 0 saturated heterocycles. The summed E-state index contributed by atoms with van der Waals surface area (Å²) in [5.74, 6) is 1.01. The largest absolute Gasteiger partial charge is 0.497 e. The van der Waals surface area contributed by atoms with Gasteiger partial charge in [0.1, 0.15) is 26.3 Å². The highest BCUT2D eigenvalue weighted by molar-refractivity contribution is 7.23. The normalized spacial score (nSPS) is 10.9. The number of carbonyl (C=O) groups is 1. The highest BCUT2D eigenvalue weighted by Crippen LogP contribution is 2.39. The first-order valence-corrected chi connectivity index (χ1v) is 13.4. The fourth-order valence-corrected chi connectivity index (χ4v) is 6.21. The number of nitrogens with two attached hydrogens (primary N) is 1. The minimum atomic E-state index is -0.164. The first kappa shape index (κ1) is 23.9. The van der Waals surface area contributed by atoms with Crippen LogP contribution in [0.15, 0.2) is 53.9 Å². The minimum absolute atomic E-state index is 0.164. The maximum absolute atomic E-state index is 12.7. The van der Waals surface area contributed by atoms with E-state index in [0.717, 1.165) is 43.3 Å². The zero-order valence-electron chi connectivity index (χ0n) is 19.7. The SMILES string of the molecule is COc1cccc(Nc2nc(N)c(-c3nc(-c4cccc(NC(=O)c5sc(C)nc5C)c4)cs3)s2)c1. The van der Waals surface area contributed by atoms with E-state index in [1.807, 2.05) is 67.8 Å². The molecular formula is C25H22N6O2S3. The molecule has 0 atom stereocenters. The van der Waals surface area contributed by atoms with Crippen molar-refractivity contribution >= 4 is 62.2 Å². The lowest BCUT2D eigenvalue weighted by atomic mass is 10.1. The van der Waals surface area contributed by atoms with Gasteiger partial charge in [-0.1, -0.05) is 29.5 Å². The molecule has 2 aromatic carbocycles. The van der Waals surface area contributed by atoms with E-state index in [1.165, 1.54) is 34.0 Å². The maximum Gasteiger partial charge on any atom is 0.267 e. The zero-order chi connectivity index (χ0) is 25.2. The summed E-state index contributed by atoms with van der Waals surface area (Å²) in [6.45, 7) is 3.73. The van der Waals surface area contributed by atoms with Gasteiger partial charge in [0.25, 0.3) is 5.91 Å². The van der Waals surface area contributed by atoms with Gasteiger partial charge in [0, 0.05) is 28.4 Å². The number of nitrogens with zero attached hydrogens (tertiary/aromatic N) is 3. The molecule has 0 bridgehead atoms. The summed E-state index contributed by atoms with van der Waals surface area (Å²) in [6, 6.07) is 15.2. The van der Waals surface area contributed by atoms with Crippen LogP contribution in [-0.2, 0) is 0 Å². The summed E-state index contributed by atoms with van der Waals surface area (Å²) in [7, 11) is 1.63. The Bertz CT molecular complexity index is 1550. The van der Waals surface area contributed by atoms with Gasteiger partial charge in [-0.05, 0) is 38.1 Å². The predicted octanol–water partition coefficient (Wildman–Crippen LogP) is 6.59. The highest BCUT2D eigenvalue weighted by Gasteiger charge is 2.17. The first-order valence-electron chi connectivity index (χ1n) is 10.9. The molecule has 5 aromatic rings. The third-order valence-electron chi connectivity index (χ3n) is 5.20. The lowest BCUT2D eigenvalue weighted by molar-refractivity contribution is 0.103. The summed E-state index contributed by atoms with van der Waals surface area (Å²) in [6.07, 6.45) is 0. The lowest BCUT2D eigenvalue weighted by Crippen LogP contribution is -2.11. The number of nitrogens with one attached hydrogen (secondary N) is 2. The quantitative estimate of drug-likeness (QED) is 0.216. The molecule has 0 aliphatic rings. The van der Waals surface area contributed by atoms with Crippen molar-refractivity contribution in [3.8, 4) is 26.9 Å². The molecule has 0 spiro atoms. The third-order valence-corrected chi connectivity index (χ3v) is 8.25. The number of nitrogen functional groups attached to an aromatic ring is 1. The molecule has 0 aliphatic carbocycles. The fraction of sp³-hybridized carbons (Fsp3) is 0.120. The number of thiazole rings is 3. The summed E-state index contributed by atoms with van der Waals surface area (Å²) in [5, 5.41) is 10.5. The Balaban J connectivity index is 1.34. The monoisotopic (exact) mass is 534 g/mol. The van der Waals surface area contributed by atoms with Crippen molar-refractivity contribution in [3.05, 3.63) is 69.5 Å². The van der Waals surface area contributed by atoms with E-state index in [1.54, 1.807) is 7.11 Å². The van der Waals surface area contributed by atoms with Gasteiger partial charge in [-0.3, -0.25) is 4.79 Å². The Kier molecular flexibility index (Phi) is 6.68. The molecule has 3 aromatic heterocycles. The molecule has 0 unspecified atom stereocenters. The molecular weight excluding hydrogens is 513 g/mol. The van der Waals surface area contributed by atoms with Crippen molar-refractivity contribution in [1.29, 1.82) is 0 Å². The van der Waals surface area contributed by atoms with E-state index in [2.05, 4.69) is 20.6 Å². The molecule has 0 radical (unpaired) electrons. The van der Waals surface area contributed by atoms with Crippen molar-refractivity contribution in [2.45, 2.75) is 13.8 Å². The molecule has 3 heterocycles. The van der Waals surface area contributed by atoms with Crippen molar-refractivity contribution < 1.29 is 9.53 Å². The van der Waals surface area contributed by atoms with Crippen LogP contribution in [0.3, 0.4) is 0 Å². The molecule has 0 saturated carbocycles. The van der Waals surface area contributed by atoms with Gasteiger partial charge in [-0.25, -0.2) is 15.0 Å². The van der Waals surface area contributed by atoms with Crippen LogP contribution >= 0.6 is 34.0 Å². The average molecular weight is 535 g/mol. The third kappa shape index (κ3) is 5.08. The standard InChI is InChI=1S/C25H22N6O2S3/c1-13-20(35-14(2)27-13)23(32)28-16-7-4-6-15(10-16)19-12-34-24(30-19)21-22(26)31-25(36-21)29-17-8-5-9-18(11-17)33-3/h4-12H,26H2,1-3H3,(H,28,32)(H,29,31). The van der Waals surface area contributed by atoms with Gasteiger partial charge in [0.2, 0.25) is 0 Å². The van der Waals surface area contributed by atoms with Crippen molar-refractivity contribution in [1.82, 2.24) is 15.0 Å². The molecule has 4 N–H and O–H groups in total. The molecule has 36 heavy (non-hydrogen) atoms. The van der Waals surface area contributed by atoms with Crippen molar-refractivity contribution in [2.75, 3.05) is 23.5 Å². The first-order chi connectivity index (χ1) is 17.4. The minimum Gasteiger partial charge on any atom is -0.497 e. The van der Waals surface area contributed by atoms with Gasteiger partial charge in [0.05, 0.1) is 23.5 Å². The van der Waals surface area contributed by atoms with Crippen LogP contribution in [0.1, 0.15) is 20.4 Å². The number of aromatic nitrogens is 3. The van der Waals surface area contributed by atoms with Crippen LogP contribution in [0.2, 0.25) is 0 Å². The number of benzene rings is 2. The Morgan fingerprint density at radius 1 is 1.00 bits per heavy atom. The van der Waals surface area contributed by atoms with E-state index in [0.29, 0.717) is 21.5 Å². The van der Waals surface area contributed by atoms with E-state index in [4.69, 9.17) is 15.5 Å². The second kappa shape index (κ2) is 10.1. The van der Waals surface area contributed by atoms with Crippen molar-refractivity contribution in [2.24, 2.45) is 0 Å². The Morgan fingerprint density at radius 3 is 2.58 bits per heavy atom. The Labute approximate surface area is 219 Å². The number of anilines is 4. The molecule has 0 aliphatic heterocycles. The number of aryl methyl sites for hydroxylation is 2. The number of ether oxygens (including phenoxy) is 1. The van der Waals surface area contributed by atoms with Gasteiger partial charge in [0.15, 0.2) is 5.13 Å². The van der Waals surface area contributed by atoms with E-state index < -0.39 is 0 Å². The van der Waals surface area contributed by atoms with Crippen LogP contribution in [0, 0.1) is 13.8 Å². The number of amides is 1. The molecule has 0 fully saturated rings. The van der Waals surface area contributed by atoms with Crippen LogP contribution in [0.4, 0.5) is 22.3 Å². The number of hydrogen-bond donors (Lipinski definition) is 3. The maximum atomic E-state index is 12.7. The van der Waals surface area contributed by atoms with Crippen LogP contribution < -0.4 is 21.1 Å². The van der Waals surface area contributed by atoms with E-state index in [9.17, 15) is 4.79 Å². The summed E-state index contributed by atoms with van der Waals surface area (Å²) in [5.41, 5.74) is 10.2. The lowest BCUT2D eigenvalue weighted by Gasteiger charge is -2.06. The van der Waals surface area contributed by atoms with Gasteiger partial charge in [-0.2, -0.15) is 0 Å². The summed E-state index contributed by atoms with van der Waals surface area (Å²) in [4.78, 5) is 27.7. The number of methoxy groups -OCH3 is 1. The second-order valence-electron chi connectivity index (χ2n) is 7.81. The van der Waals surface area contributed by atoms with Crippen LogP contribution in [0.25, 0.3) is 21.1 Å². The van der Waals surface area contributed by atoms with Gasteiger partial charge in [-0.15, -0.1) is 22.7 Å². The highest BCUT2D eigenvalue weighted by atomic mass is 32.1. The molecule has 182 valence electrons. The van der Waals surface area contributed by atoms with Crippen LogP contribution in [0.5, 0.6) is 5.75 Å². The van der Waals surface area contributed by atoms with Crippen LogP contribution in [-0.4, -0.2) is 28.0 Å².